The molecule has 134 valence electrons. The zero-order chi connectivity index (χ0) is 18.4. The van der Waals surface area contributed by atoms with Gasteiger partial charge in [0.25, 0.3) is 15.9 Å². The minimum Gasteiger partial charge on any atom is -0.383 e. The third-order valence-electron chi connectivity index (χ3n) is 3.74. The van der Waals surface area contributed by atoms with Crippen LogP contribution in [0.5, 0.6) is 0 Å². The Morgan fingerprint density at radius 2 is 1.64 bits per heavy atom. The van der Waals surface area contributed by atoms with Crippen LogP contribution in [0, 0.1) is 13.8 Å². The highest BCUT2D eigenvalue weighted by molar-refractivity contribution is 7.92. The molecule has 0 spiro atoms. The minimum atomic E-state index is -3.72. The Kier molecular flexibility index (Phi) is 6.17. The van der Waals surface area contributed by atoms with E-state index < -0.39 is 10.0 Å². The number of para-hydroxylation sites is 1. The summed E-state index contributed by atoms with van der Waals surface area (Å²) in [6.45, 7) is 4.50. The van der Waals surface area contributed by atoms with Crippen LogP contribution >= 0.6 is 0 Å². The van der Waals surface area contributed by atoms with Gasteiger partial charge >= 0.3 is 0 Å². The average molecular weight is 362 g/mol. The lowest BCUT2D eigenvalue weighted by Gasteiger charge is -2.13. The molecule has 0 aliphatic carbocycles. The van der Waals surface area contributed by atoms with Gasteiger partial charge in [-0.2, -0.15) is 0 Å². The zero-order valence-corrected chi connectivity index (χ0v) is 15.3. The fourth-order valence-corrected chi connectivity index (χ4v) is 3.53. The Morgan fingerprint density at radius 3 is 2.20 bits per heavy atom. The topological polar surface area (TPSA) is 84.5 Å². The summed E-state index contributed by atoms with van der Waals surface area (Å²) in [6.07, 6.45) is 0. The van der Waals surface area contributed by atoms with Crippen molar-refractivity contribution < 1.29 is 17.9 Å². The van der Waals surface area contributed by atoms with Gasteiger partial charge in [0.05, 0.1) is 17.2 Å². The number of benzene rings is 2. The van der Waals surface area contributed by atoms with Crippen LogP contribution < -0.4 is 10.0 Å². The molecule has 0 radical (unpaired) electrons. The minimum absolute atomic E-state index is 0.101. The highest BCUT2D eigenvalue weighted by atomic mass is 32.2. The van der Waals surface area contributed by atoms with E-state index in [1.807, 2.05) is 32.0 Å². The quantitative estimate of drug-likeness (QED) is 0.741. The van der Waals surface area contributed by atoms with E-state index in [1.54, 1.807) is 7.11 Å². The molecule has 6 nitrogen and oxygen atoms in total. The second kappa shape index (κ2) is 8.13. The summed E-state index contributed by atoms with van der Waals surface area (Å²) in [6, 6.07) is 11.4. The largest absolute Gasteiger partial charge is 0.383 e. The van der Waals surface area contributed by atoms with E-state index >= 15 is 0 Å². The summed E-state index contributed by atoms with van der Waals surface area (Å²) in [4.78, 5) is 12.0. The smallest absolute Gasteiger partial charge is 0.261 e. The number of ether oxygens (including phenoxy) is 1. The van der Waals surface area contributed by atoms with E-state index in [0.717, 1.165) is 11.1 Å². The van der Waals surface area contributed by atoms with E-state index in [9.17, 15) is 13.2 Å². The third kappa shape index (κ3) is 4.80. The first kappa shape index (κ1) is 19.0. The van der Waals surface area contributed by atoms with Gasteiger partial charge in [0, 0.05) is 19.2 Å². The van der Waals surface area contributed by atoms with Crippen LogP contribution in [-0.4, -0.2) is 34.6 Å². The van der Waals surface area contributed by atoms with Crippen LogP contribution in [0.15, 0.2) is 47.4 Å². The molecule has 25 heavy (non-hydrogen) atoms. The predicted octanol–water partition coefficient (Wildman–Crippen LogP) is 2.48. The van der Waals surface area contributed by atoms with E-state index in [1.165, 1.54) is 24.3 Å². The van der Waals surface area contributed by atoms with Crippen molar-refractivity contribution in [1.29, 1.82) is 0 Å². The molecule has 2 aromatic carbocycles. The third-order valence-corrected chi connectivity index (χ3v) is 5.10. The number of methoxy groups -OCH3 is 1. The van der Waals surface area contributed by atoms with Gasteiger partial charge in [-0.1, -0.05) is 18.2 Å². The van der Waals surface area contributed by atoms with Gasteiger partial charge in [-0.3, -0.25) is 9.52 Å². The van der Waals surface area contributed by atoms with Crippen LogP contribution in [-0.2, 0) is 14.8 Å². The van der Waals surface area contributed by atoms with Gasteiger partial charge in [-0.25, -0.2) is 8.42 Å². The summed E-state index contributed by atoms with van der Waals surface area (Å²) in [5.41, 5.74) is 2.65. The zero-order valence-electron chi connectivity index (χ0n) is 14.5. The molecule has 2 rings (SSSR count). The number of amides is 1. The number of carbonyl (C=O) groups excluding carboxylic acids is 1. The molecule has 0 unspecified atom stereocenters. The van der Waals surface area contributed by atoms with Gasteiger partial charge in [-0.15, -0.1) is 0 Å². The molecule has 0 bridgehead atoms. The number of hydrogen-bond donors (Lipinski definition) is 2. The Labute approximate surface area is 148 Å². The summed E-state index contributed by atoms with van der Waals surface area (Å²) in [5.74, 6) is -0.274. The van der Waals surface area contributed by atoms with Crippen molar-refractivity contribution in [3.63, 3.8) is 0 Å². The van der Waals surface area contributed by atoms with Crippen molar-refractivity contribution in [3.8, 4) is 0 Å². The highest BCUT2D eigenvalue weighted by Crippen LogP contribution is 2.23. The Balaban J connectivity index is 2.16. The number of sulfonamides is 1. The van der Waals surface area contributed by atoms with Gasteiger partial charge in [0.15, 0.2) is 0 Å². The molecule has 0 aliphatic rings. The van der Waals surface area contributed by atoms with Gasteiger partial charge in [-0.05, 0) is 49.2 Å². The molecule has 0 saturated heterocycles. The lowest BCUT2D eigenvalue weighted by molar-refractivity contribution is 0.0937. The molecule has 1 amide bonds. The molecule has 7 heteroatoms. The van der Waals surface area contributed by atoms with Gasteiger partial charge < -0.3 is 10.1 Å². The molecule has 0 saturated carbocycles. The van der Waals surface area contributed by atoms with Crippen molar-refractivity contribution in [1.82, 2.24) is 5.32 Å². The van der Waals surface area contributed by atoms with Gasteiger partial charge in [0.1, 0.15) is 0 Å². The first-order valence-corrected chi connectivity index (χ1v) is 9.29. The van der Waals surface area contributed by atoms with Crippen molar-refractivity contribution in [2.45, 2.75) is 18.7 Å². The Hall–Kier alpha value is -2.38. The van der Waals surface area contributed by atoms with Crippen LogP contribution in [0.3, 0.4) is 0 Å². The first-order chi connectivity index (χ1) is 11.8. The maximum Gasteiger partial charge on any atom is 0.261 e. The second-order valence-corrected chi connectivity index (χ2v) is 7.33. The fourth-order valence-electron chi connectivity index (χ4n) is 2.32. The van der Waals surface area contributed by atoms with E-state index in [-0.39, 0.29) is 10.8 Å². The van der Waals surface area contributed by atoms with Crippen LogP contribution in [0.1, 0.15) is 21.5 Å². The summed E-state index contributed by atoms with van der Waals surface area (Å²) >= 11 is 0. The lowest BCUT2D eigenvalue weighted by atomic mass is 10.1. The van der Waals surface area contributed by atoms with Crippen molar-refractivity contribution in [2.75, 3.05) is 25.0 Å². The normalized spacial score (nSPS) is 11.2. The Morgan fingerprint density at radius 1 is 1.04 bits per heavy atom. The summed E-state index contributed by atoms with van der Waals surface area (Å²) in [7, 11) is -2.17. The molecule has 0 atom stereocenters. The highest BCUT2D eigenvalue weighted by Gasteiger charge is 2.17. The number of anilines is 1. The molecule has 0 heterocycles. The molecule has 0 aromatic heterocycles. The maximum atomic E-state index is 12.6. The number of hydrogen-bond acceptors (Lipinski definition) is 4. The van der Waals surface area contributed by atoms with E-state index in [2.05, 4.69) is 10.0 Å². The van der Waals surface area contributed by atoms with Crippen molar-refractivity contribution >= 4 is 21.6 Å². The molecule has 2 aromatic rings. The number of rotatable bonds is 7. The van der Waals surface area contributed by atoms with Crippen LogP contribution in [0.2, 0.25) is 0 Å². The monoisotopic (exact) mass is 362 g/mol. The van der Waals surface area contributed by atoms with Crippen LogP contribution in [0.25, 0.3) is 0 Å². The number of carbonyl (C=O) groups is 1. The average Bonchev–Trinajstić information content (AvgIpc) is 2.58. The van der Waals surface area contributed by atoms with Crippen molar-refractivity contribution in [2.24, 2.45) is 0 Å². The Bertz CT molecular complexity index is 826. The van der Waals surface area contributed by atoms with Crippen LogP contribution in [0.4, 0.5) is 5.69 Å². The molecule has 2 N–H and O–H groups in total. The van der Waals surface area contributed by atoms with Gasteiger partial charge in [0.2, 0.25) is 0 Å². The molecule has 0 fully saturated rings. The standard InChI is InChI=1S/C18H22N2O4S/c1-13-5-4-6-14(2)17(13)20-25(22,23)16-9-7-15(8-10-16)18(21)19-11-12-24-3/h4-10,20H,11-12H2,1-3H3,(H,19,21). The number of nitrogens with one attached hydrogen (secondary N) is 2. The lowest BCUT2D eigenvalue weighted by Crippen LogP contribution is -2.27. The first-order valence-electron chi connectivity index (χ1n) is 7.81. The SMILES string of the molecule is COCCNC(=O)c1ccc(S(=O)(=O)Nc2c(C)cccc2C)cc1. The molecular formula is C18H22N2O4S. The molecule has 0 aliphatic heterocycles. The predicted molar refractivity (Wildman–Crippen MR) is 97.4 cm³/mol. The van der Waals surface area contributed by atoms with Crippen molar-refractivity contribution in [3.05, 3.63) is 59.2 Å². The summed E-state index contributed by atoms with van der Waals surface area (Å²) < 4.78 is 32.6. The second-order valence-electron chi connectivity index (χ2n) is 5.65. The molecular weight excluding hydrogens is 340 g/mol. The summed E-state index contributed by atoms with van der Waals surface area (Å²) in [5, 5.41) is 2.68. The fraction of sp³-hybridized carbons (Fsp3) is 0.278. The number of aryl methyl sites for hydroxylation is 2. The van der Waals surface area contributed by atoms with E-state index in [0.29, 0.717) is 24.4 Å². The maximum absolute atomic E-state index is 12.6. The van der Waals surface area contributed by atoms with E-state index in [4.69, 9.17) is 4.74 Å².